The average Bonchev–Trinajstić information content (AvgIpc) is 3.02. The average molecular weight is 425 g/mol. The van der Waals surface area contributed by atoms with Crippen LogP contribution >= 0.6 is 11.6 Å². The first-order chi connectivity index (χ1) is 13.8. The van der Waals surface area contributed by atoms with Crippen LogP contribution in [0.5, 0.6) is 0 Å². The number of likely N-dealkylation sites (tertiary alicyclic amines) is 1. The van der Waals surface area contributed by atoms with Crippen LogP contribution in [-0.4, -0.2) is 39.1 Å². The van der Waals surface area contributed by atoms with E-state index in [4.69, 9.17) is 11.6 Å². The molecule has 4 rings (SSSR count). The Morgan fingerprint density at radius 1 is 1.24 bits per heavy atom. The number of alkyl halides is 4. The van der Waals surface area contributed by atoms with Crippen molar-refractivity contribution >= 4 is 23.6 Å². The number of halogens is 4. The highest BCUT2D eigenvalue weighted by atomic mass is 35.5. The molecule has 1 aromatic heterocycles. The second-order valence-electron chi connectivity index (χ2n) is 7.28. The Balaban J connectivity index is 1.51. The molecule has 2 aromatic rings. The summed E-state index contributed by atoms with van der Waals surface area (Å²) in [6.45, 7) is 2.52. The van der Waals surface area contributed by atoms with E-state index < -0.39 is 17.2 Å². The molecule has 3 heterocycles. The van der Waals surface area contributed by atoms with Gasteiger partial charge in [-0.2, -0.15) is 13.2 Å². The smallest absolute Gasteiger partial charge is 0.337 e. The molecule has 1 atom stereocenters. The number of rotatable bonds is 2. The highest BCUT2D eigenvalue weighted by Crippen LogP contribution is 2.38. The fourth-order valence-corrected chi connectivity index (χ4v) is 4.21. The van der Waals surface area contributed by atoms with Gasteiger partial charge in [-0.15, -0.1) is 0 Å². The predicted octanol–water partition coefficient (Wildman–Crippen LogP) is 4.37. The molecule has 0 saturated carbocycles. The molecule has 1 N–H and O–H groups in total. The summed E-state index contributed by atoms with van der Waals surface area (Å²) >= 11 is 6.09. The lowest BCUT2D eigenvalue weighted by Crippen LogP contribution is -2.41. The van der Waals surface area contributed by atoms with Crippen molar-refractivity contribution in [2.24, 2.45) is 0 Å². The number of imidazole rings is 1. The van der Waals surface area contributed by atoms with Gasteiger partial charge < -0.3 is 10.3 Å². The van der Waals surface area contributed by atoms with Gasteiger partial charge in [-0.25, -0.2) is 9.66 Å². The van der Waals surface area contributed by atoms with Crippen LogP contribution < -0.4 is 5.43 Å². The maximum absolute atomic E-state index is 13.3. The zero-order valence-electron chi connectivity index (χ0n) is 15.7. The van der Waals surface area contributed by atoms with Crippen molar-refractivity contribution in [1.82, 2.24) is 14.6 Å². The summed E-state index contributed by atoms with van der Waals surface area (Å²) in [5.74, 6) is 0.165. The third-order valence-corrected chi connectivity index (χ3v) is 5.68. The molecule has 2 aliphatic heterocycles. The third-order valence-electron chi connectivity index (χ3n) is 5.44. The molecule has 0 radical (unpaired) electrons. The molecule has 0 spiro atoms. The lowest BCUT2D eigenvalue weighted by Gasteiger charge is -2.33. The van der Waals surface area contributed by atoms with E-state index in [2.05, 4.69) is 10.4 Å². The zero-order chi connectivity index (χ0) is 20.8. The SMILES string of the molecule is Cc1nc2n(c1C(=O)N1CCC(c3ccccc3C(F)(F)F)CC1)NC(Cl)C=C2. The Labute approximate surface area is 171 Å². The number of piperidine rings is 1. The number of hydrogen-bond acceptors (Lipinski definition) is 3. The maximum atomic E-state index is 13.3. The first-order valence-electron chi connectivity index (χ1n) is 9.39. The molecule has 1 saturated heterocycles. The third kappa shape index (κ3) is 3.73. The van der Waals surface area contributed by atoms with E-state index in [-0.39, 0.29) is 11.8 Å². The van der Waals surface area contributed by atoms with Crippen molar-refractivity contribution in [2.45, 2.75) is 37.4 Å². The van der Waals surface area contributed by atoms with Crippen molar-refractivity contribution in [3.63, 3.8) is 0 Å². The lowest BCUT2D eigenvalue weighted by molar-refractivity contribution is -0.138. The molecule has 1 fully saturated rings. The van der Waals surface area contributed by atoms with Gasteiger partial charge in [0.2, 0.25) is 0 Å². The number of benzene rings is 1. The van der Waals surface area contributed by atoms with Gasteiger partial charge in [0.25, 0.3) is 5.91 Å². The van der Waals surface area contributed by atoms with Crippen molar-refractivity contribution in [2.75, 3.05) is 18.5 Å². The maximum Gasteiger partial charge on any atom is 0.416 e. The van der Waals surface area contributed by atoms with E-state index >= 15 is 0 Å². The normalized spacial score (nSPS) is 19.8. The molecule has 1 aromatic carbocycles. The summed E-state index contributed by atoms with van der Waals surface area (Å²) in [6, 6.07) is 5.70. The van der Waals surface area contributed by atoms with Gasteiger partial charge in [0.05, 0.1) is 11.3 Å². The summed E-state index contributed by atoms with van der Waals surface area (Å²) in [5, 5.41) is 0. The van der Waals surface area contributed by atoms with Crippen molar-refractivity contribution in [1.29, 1.82) is 0 Å². The van der Waals surface area contributed by atoms with Crippen LogP contribution in [0.3, 0.4) is 0 Å². The van der Waals surface area contributed by atoms with Crippen molar-refractivity contribution in [3.05, 3.63) is 58.7 Å². The van der Waals surface area contributed by atoms with Gasteiger partial charge in [-0.3, -0.25) is 4.79 Å². The van der Waals surface area contributed by atoms with Crippen LogP contribution in [0.15, 0.2) is 30.3 Å². The molecule has 5 nitrogen and oxygen atoms in total. The number of aryl methyl sites for hydroxylation is 1. The predicted molar refractivity (Wildman–Crippen MR) is 104 cm³/mol. The Hall–Kier alpha value is -2.48. The van der Waals surface area contributed by atoms with Crippen LogP contribution in [0.25, 0.3) is 6.08 Å². The van der Waals surface area contributed by atoms with E-state index in [1.165, 1.54) is 6.07 Å². The number of aromatic nitrogens is 2. The van der Waals surface area contributed by atoms with Gasteiger partial charge in [0.1, 0.15) is 5.50 Å². The summed E-state index contributed by atoms with van der Waals surface area (Å²) in [4.78, 5) is 19.2. The second kappa shape index (κ2) is 7.40. The first kappa shape index (κ1) is 19.8. The largest absolute Gasteiger partial charge is 0.416 e. The van der Waals surface area contributed by atoms with E-state index in [1.54, 1.807) is 40.8 Å². The minimum Gasteiger partial charge on any atom is -0.337 e. The highest BCUT2D eigenvalue weighted by Gasteiger charge is 2.36. The molecule has 29 heavy (non-hydrogen) atoms. The second-order valence-corrected chi connectivity index (χ2v) is 7.75. The van der Waals surface area contributed by atoms with Crippen LogP contribution in [0.4, 0.5) is 13.2 Å². The minimum atomic E-state index is -4.38. The van der Waals surface area contributed by atoms with E-state index in [9.17, 15) is 18.0 Å². The summed E-state index contributed by atoms with van der Waals surface area (Å²) in [5.41, 5.74) is 3.24. The Morgan fingerprint density at radius 3 is 2.62 bits per heavy atom. The highest BCUT2D eigenvalue weighted by molar-refractivity contribution is 6.22. The molecule has 2 aliphatic rings. The molecule has 9 heteroatoms. The summed E-state index contributed by atoms with van der Waals surface area (Å²) < 4.78 is 41.6. The number of fused-ring (bicyclic) bond motifs is 1. The molecule has 1 amide bonds. The summed E-state index contributed by atoms with van der Waals surface area (Å²) in [7, 11) is 0. The monoisotopic (exact) mass is 424 g/mol. The van der Waals surface area contributed by atoms with Crippen molar-refractivity contribution in [3.8, 4) is 0 Å². The number of hydrogen-bond donors (Lipinski definition) is 1. The van der Waals surface area contributed by atoms with Crippen LogP contribution in [0.2, 0.25) is 0 Å². The standard InChI is InChI=1S/C20H20ClF3N4O/c1-12-18(28-17(25-12)7-6-16(21)26-28)19(29)27-10-8-13(9-11-27)14-4-2-3-5-15(14)20(22,23)24/h2-7,13,16,26H,8-11H2,1H3. The molecule has 0 bridgehead atoms. The van der Waals surface area contributed by atoms with Crippen molar-refractivity contribution < 1.29 is 18.0 Å². The van der Waals surface area contributed by atoms with Gasteiger partial charge in [0, 0.05) is 13.1 Å². The number of nitrogens with zero attached hydrogens (tertiary/aromatic N) is 3. The molecular weight excluding hydrogens is 405 g/mol. The molecule has 1 unspecified atom stereocenters. The Morgan fingerprint density at radius 2 is 1.93 bits per heavy atom. The number of carbonyl (C=O) groups is 1. The van der Waals surface area contributed by atoms with Gasteiger partial charge >= 0.3 is 6.18 Å². The number of carbonyl (C=O) groups excluding carboxylic acids is 1. The van der Waals surface area contributed by atoms with Gasteiger partial charge in [-0.05, 0) is 49.5 Å². The Bertz CT molecular complexity index is 961. The minimum absolute atomic E-state index is 0.199. The topological polar surface area (TPSA) is 50.2 Å². The number of amides is 1. The number of nitrogens with one attached hydrogen (secondary N) is 1. The van der Waals surface area contributed by atoms with Gasteiger partial charge in [0.15, 0.2) is 11.5 Å². The van der Waals surface area contributed by atoms with E-state index in [0.29, 0.717) is 48.7 Å². The van der Waals surface area contributed by atoms with Crippen LogP contribution in [-0.2, 0) is 6.18 Å². The first-order valence-corrected chi connectivity index (χ1v) is 9.83. The van der Waals surface area contributed by atoms with E-state index in [1.807, 2.05) is 0 Å². The van der Waals surface area contributed by atoms with Gasteiger partial charge in [-0.1, -0.05) is 29.8 Å². The quantitative estimate of drug-likeness (QED) is 0.575. The summed E-state index contributed by atoms with van der Waals surface area (Å²) in [6.07, 6.45) is 0.0582. The van der Waals surface area contributed by atoms with E-state index in [0.717, 1.165) is 6.07 Å². The zero-order valence-corrected chi connectivity index (χ0v) is 16.5. The fraction of sp³-hybridized carbons (Fsp3) is 0.400. The molecular formula is C20H20ClF3N4O. The van der Waals surface area contributed by atoms with Crippen LogP contribution in [0.1, 0.15) is 51.9 Å². The molecule has 0 aliphatic carbocycles. The Kier molecular flexibility index (Phi) is 5.06. The lowest BCUT2D eigenvalue weighted by atomic mass is 9.86. The van der Waals surface area contributed by atoms with Crippen LogP contribution in [0, 0.1) is 6.92 Å². The fourth-order valence-electron chi connectivity index (χ4n) is 4.04. The molecule has 154 valence electrons.